The zero-order chi connectivity index (χ0) is 17.3. The lowest BCUT2D eigenvalue weighted by atomic mass is 10.1. The number of ketones is 1. The molecule has 0 bridgehead atoms. The average molecular weight is 325 g/mol. The molecule has 0 amide bonds. The first kappa shape index (κ1) is 15.9. The number of carbonyl (C=O) groups excluding carboxylic acids is 2. The van der Waals surface area contributed by atoms with Crippen molar-refractivity contribution in [1.82, 2.24) is 4.57 Å². The van der Waals surface area contributed by atoms with Gasteiger partial charge in [0.05, 0.1) is 7.11 Å². The second-order valence-corrected chi connectivity index (χ2v) is 5.56. The van der Waals surface area contributed by atoms with Crippen molar-refractivity contribution in [2.75, 3.05) is 7.11 Å². The van der Waals surface area contributed by atoms with Crippen LogP contribution in [-0.4, -0.2) is 23.4 Å². The van der Waals surface area contributed by atoms with Crippen LogP contribution in [0.1, 0.15) is 21.6 Å². The fraction of sp³-hybridized carbons (Fsp3) is 0.158. The van der Waals surface area contributed by atoms with Crippen LogP contribution in [-0.2, 0) is 16.1 Å². The van der Waals surface area contributed by atoms with Gasteiger partial charge < -0.3 is 9.30 Å². The van der Waals surface area contributed by atoms with Gasteiger partial charge in [-0.15, -0.1) is 0 Å². The molecule has 1 aromatic heterocycles. The number of hydrogen-bond donors (Lipinski definition) is 0. The monoisotopic (exact) mass is 325 g/mol. The molecule has 122 valence electrons. The van der Waals surface area contributed by atoms with Crippen molar-refractivity contribution in [1.29, 1.82) is 0 Å². The second kappa shape index (κ2) is 6.28. The average Bonchev–Trinajstić information content (AvgIpc) is 2.91. The molecule has 0 aliphatic rings. The minimum atomic E-state index is -0.883. The van der Waals surface area contributed by atoms with E-state index in [2.05, 4.69) is 4.74 Å². The molecule has 0 atom stereocenters. The minimum Gasteiger partial charge on any atom is -0.463 e. The van der Waals surface area contributed by atoms with Crippen LogP contribution in [0, 0.1) is 12.7 Å². The highest BCUT2D eigenvalue weighted by molar-refractivity contribution is 6.42. The summed E-state index contributed by atoms with van der Waals surface area (Å²) in [6.45, 7) is 2.47. The largest absolute Gasteiger partial charge is 0.463 e. The topological polar surface area (TPSA) is 48.3 Å². The van der Waals surface area contributed by atoms with Crippen LogP contribution in [0.4, 0.5) is 4.39 Å². The molecule has 0 spiro atoms. The summed E-state index contributed by atoms with van der Waals surface area (Å²) in [5.41, 5.74) is 3.05. The van der Waals surface area contributed by atoms with E-state index in [0.717, 1.165) is 16.8 Å². The molecular formula is C19H16FNO3. The van der Waals surface area contributed by atoms with Gasteiger partial charge in [0.2, 0.25) is 0 Å². The maximum atomic E-state index is 13.1. The van der Waals surface area contributed by atoms with Crippen molar-refractivity contribution in [3.05, 3.63) is 71.2 Å². The van der Waals surface area contributed by atoms with Gasteiger partial charge in [-0.2, -0.15) is 0 Å². The molecule has 3 rings (SSSR count). The van der Waals surface area contributed by atoms with E-state index >= 15 is 0 Å². The predicted octanol–water partition coefficient (Wildman–Crippen LogP) is 3.49. The lowest BCUT2D eigenvalue weighted by molar-refractivity contribution is -0.135. The number of aryl methyl sites for hydroxylation is 1. The number of esters is 1. The fourth-order valence-electron chi connectivity index (χ4n) is 2.80. The van der Waals surface area contributed by atoms with E-state index in [0.29, 0.717) is 17.5 Å². The summed E-state index contributed by atoms with van der Waals surface area (Å²) in [6, 6.07) is 13.4. The Labute approximate surface area is 138 Å². The van der Waals surface area contributed by atoms with Crippen molar-refractivity contribution >= 4 is 22.7 Å². The molecule has 1 heterocycles. The summed E-state index contributed by atoms with van der Waals surface area (Å²) < 4.78 is 19.6. The van der Waals surface area contributed by atoms with Crippen LogP contribution < -0.4 is 0 Å². The van der Waals surface area contributed by atoms with Gasteiger partial charge >= 0.3 is 5.97 Å². The van der Waals surface area contributed by atoms with Gasteiger partial charge in [0, 0.05) is 28.7 Å². The Balaban J connectivity index is 2.07. The van der Waals surface area contributed by atoms with Crippen LogP contribution in [0.3, 0.4) is 0 Å². The molecule has 0 saturated carbocycles. The number of ether oxygens (including phenoxy) is 1. The molecule has 4 nitrogen and oxygen atoms in total. The summed E-state index contributed by atoms with van der Waals surface area (Å²) >= 11 is 0. The number of hydrogen-bond acceptors (Lipinski definition) is 3. The lowest BCUT2D eigenvalue weighted by Gasteiger charge is -2.09. The summed E-state index contributed by atoms with van der Waals surface area (Å²) in [5, 5.41) is 0.701. The Hall–Kier alpha value is -2.95. The first-order chi connectivity index (χ1) is 11.5. The van der Waals surface area contributed by atoms with Gasteiger partial charge in [0.15, 0.2) is 0 Å². The lowest BCUT2D eigenvalue weighted by Crippen LogP contribution is -2.15. The molecule has 0 radical (unpaired) electrons. The first-order valence-electron chi connectivity index (χ1n) is 7.47. The van der Waals surface area contributed by atoms with Crippen molar-refractivity contribution < 1.29 is 18.7 Å². The number of aromatic nitrogens is 1. The summed E-state index contributed by atoms with van der Waals surface area (Å²) in [6.07, 6.45) is 0. The molecule has 5 heteroatoms. The van der Waals surface area contributed by atoms with Crippen LogP contribution >= 0.6 is 0 Å². The number of carbonyl (C=O) groups is 2. The number of Topliss-reactive ketones (excluding diaryl/α,β-unsaturated/α-hetero) is 1. The molecular weight excluding hydrogens is 309 g/mol. The number of nitrogens with zero attached hydrogens (tertiary/aromatic N) is 1. The molecule has 0 saturated heterocycles. The van der Waals surface area contributed by atoms with E-state index in [1.54, 1.807) is 24.3 Å². The van der Waals surface area contributed by atoms with Crippen molar-refractivity contribution in [3.63, 3.8) is 0 Å². The van der Waals surface area contributed by atoms with Crippen LogP contribution in [0.25, 0.3) is 10.9 Å². The fourth-order valence-corrected chi connectivity index (χ4v) is 2.80. The number of methoxy groups -OCH3 is 1. The highest BCUT2D eigenvalue weighted by Crippen LogP contribution is 2.25. The predicted molar refractivity (Wildman–Crippen MR) is 88.5 cm³/mol. The summed E-state index contributed by atoms with van der Waals surface area (Å²) in [4.78, 5) is 23.7. The van der Waals surface area contributed by atoms with E-state index in [-0.39, 0.29) is 5.82 Å². The maximum absolute atomic E-state index is 13.1. The molecule has 0 fully saturated rings. The molecule has 0 aliphatic heterocycles. The zero-order valence-corrected chi connectivity index (χ0v) is 13.4. The van der Waals surface area contributed by atoms with E-state index in [4.69, 9.17) is 0 Å². The second-order valence-electron chi connectivity index (χ2n) is 5.56. The van der Waals surface area contributed by atoms with E-state index < -0.39 is 11.8 Å². The van der Waals surface area contributed by atoms with Crippen LogP contribution in [0.15, 0.2) is 48.5 Å². The van der Waals surface area contributed by atoms with Gasteiger partial charge in [0.1, 0.15) is 5.82 Å². The highest BCUT2D eigenvalue weighted by atomic mass is 19.1. The Morgan fingerprint density at radius 2 is 1.83 bits per heavy atom. The zero-order valence-electron chi connectivity index (χ0n) is 13.4. The Morgan fingerprint density at radius 1 is 1.12 bits per heavy atom. The highest BCUT2D eigenvalue weighted by Gasteiger charge is 2.21. The number of halogens is 1. The normalized spacial score (nSPS) is 10.8. The third kappa shape index (κ3) is 2.80. The molecule has 0 N–H and O–H groups in total. The Morgan fingerprint density at radius 3 is 2.50 bits per heavy atom. The van der Waals surface area contributed by atoms with E-state index in [9.17, 15) is 14.0 Å². The van der Waals surface area contributed by atoms with Gasteiger partial charge in [-0.3, -0.25) is 4.79 Å². The van der Waals surface area contributed by atoms with Crippen LogP contribution in [0.2, 0.25) is 0 Å². The van der Waals surface area contributed by atoms with Crippen molar-refractivity contribution in [2.45, 2.75) is 13.5 Å². The van der Waals surface area contributed by atoms with E-state index in [1.807, 2.05) is 23.6 Å². The molecule has 0 aliphatic carbocycles. The van der Waals surface area contributed by atoms with E-state index in [1.165, 1.54) is 19.2 Å². The third-order valence-corrected chi connectivity index (χ3v) is 4.02. The van der Waals surface area contributed by atoms with Gasteiger partial charge in [0.25, 0.3) is 5.78 Å². The number of fused-ring (bicyclic) bond motifs is 1. The first-order valence-corrected chi connectivity index (χ1v) is 7.47. The number of rotatable bonds is 4. The number of benzene rings is 2. The summed E-state index contributed by atoms with van der Waals surface area (Å²) in [7, 11) is 1.19. The SMILES string of the molecule is COC(=O)C(=O)c1cccc2c1cc(C)n2Cc1ccc(F)cc1. The molecule has 3 aromatic rings. The van der Waals surface area contributed by atoms with Crippen molar-refractivity contribution in [3.8, 4) is 0 Å². The van der Waals surface area contributed by atoms with Gasteiger partial charge in [-0.25, -0.2) is 9.18 Å². The van der Waals surface area contributed by atoms with Crippen molar-refractivity contribution in [2.24, 2.45) is 0 Å². The van der Waals surface area contributed by atoms with Gasteiger partial charge in [-0.05, 0) is 36.8 Å². The molecule has 24 heavy (non-hydrogen) atoms. The maximum Gasteiger partial charge on any atom is 0.379 e. The minimum absolute atomic E-state index is 0.279. The Kier molecular flexibility index (Phi) is 4.16. The smallest absolute Gasteiger partial charge is 0.379 e. The van der Waals surface area contributed by atoms with Crippen LogP contribution in [0.5, 0.6) is 0 Å². The third-order valence-electron chi connectivity index (χ3n) is 4.02. The summed E-state index contributed by atoms with van der Waals surface area (Å²) in [5.74, 6) is -1.83. The Bertz CT molecular complexity index is 926. The quantitative estimate of drug-likeness (QED) is 0.419. The molecule has 0 unspecified atom stereocenters. The standard InChI is InChI=1S/C19H16FNO3/c1-12-10-16-15(18(22)19(23)24-2)4-3-5-17(16)21(12)11-13-6-8-14(20)9-7-13/h3-10H,11H2,1-2H3. The van der Waals surface area contributed by atoms with Gasteiger partial charge in [-0.1, -0.05) is 24.3 Å². The molecule has 2 aromatic carbocycles.